The Hall–Kier alpha value is -0.570. The zero-order valence-electron chi connectivity index (χ0n) is 9.46. The smallest absolute Gasteiger partial charge is 0.222 e. The maximum Gasteiger partial charge on any atom is 0.222 e. The molecule has 14 heavy (non-hydrogen) atoms. The average molecular weight is 198 g/mol. The molecular formula is C11H22N2O. The van der Waals surface area contributed by atoms with Gasteiger partial charge in [0, 0.05) is 32.6 Å². The van der Waals surface area contributed by atoms with Crippen molar-refractivity contribution < 1.29 is 4.79 Å². The molecular weight excluding hydrogens is 176 g/mol. The lowest BCUT2D eigenvalue weighted by atomic mass is 10.2. The van der Waals surface area contributed by atoms with Crippen molar-refractivity contribution in [1.29, 1.82) is 0 Å². The topological polar surface area (TPSA) is 23.6 Å². The molecule has 0 N–H and O–H groups in total. The van der Waals surface area contributed by atoms with Crippen molar-refractivity contribution in [2.45, 2.75) is 33.1 Å². The molecule has 82 valence electrons. The minimum absolute atomic E-state index is 0.306. The molecule has 3 heteroatoms. The number of hydrogen-bond acceptors (Lipinski definition) is 2. The summed E-state index contributed by atoms with van der Waals surface area (Å²) in [4.78, 5) is 15.8. The fourth-order valence-corrected chi connectivity index (χ4v) is 1.83. The first-order valence-corrected chi connectivity index (χ1v) is 5.78. The molecule has 0 radical (unpaired) electrons. The Balaban J connectivity index is 2.20. The molecule has 1 amide bonds. The number of amides is 1. The van der Waals surface area contributed by atoms with Crippen molar-refractivity contribution in [3.63, 3.8) is 0 Å². The maximum absolute atomic E-state index is 11.4. The highest BCUT2D eigenvalue weighted by Crippen LogP contribution is 2.04. The Morgan fingerprint density at radius 2 is 1.79 bits per heavy atom. The van der Waals surface area contributed by atoms with Crippen LogP contribution in [0, 0.1) is 0 Å². The van der Waals surface area contributed by atoms with Crippen LogP contribution in [-0.2, 0) is 4.79 Å². The largest absolute Gasteiger partial charge is 0.340 e. The van der Waals surface area contributed by atoms with Crippen LogP contribution in [0.4, 0.5) is 0 Å². The van der Waals surface area contributed by atoms with E-state index in [2.05, 4.69) is 11.8 Å². The minimum atomic E-state index is 0.306. The van der Waals surface area contributed by atoms with Gasteiger partial charge in [-0.25, -0.2) is 0 Å². The van der Waals surface area contributed by atoms with E-state index in [4.69, 9.17) is 0 Å². The van der Waals surface area contributed by atoms with Gasteiger partial charge in [0.2, 0.25) is 5.91 Å². The molecule has 0 bridgehead atoms. The van der Waals surface area contributed by atoms with Gasteiger partial charge in [-0.3, -0.25) is 9.69 Å². The van der Waals surface area contributed by atoms with Crippen LogP contribution in [0.1, 0.15) is 33.1 Å². The van der Waals surface area contributed by atoms with Crippen LogP contribution < -0.4 is 0 Å². The van der Waals surface area contributed by atoms with E-state index in [0.717, 1.165) is 26.2 Å². The predicted molar refractivity (Wildman–Crippen MR) is 58.2 cm³/mol. The van der Waals surface area contributed by atoms with E-state index >= 15 is 0 Å². The SMILES string of the molecule is CCCCN1CCN(C(=O)CC)CC1. The molecule has 1 aliphatic heterocycles. The van der Waals surface area contributed by atoms with E-state index < -0.39 is 0 Å². The van der Waals surface area contributed by atoms with Gasteiger partial charge in [0.15, 0.2) is 0 Å². The van der Waals surface area contributed by atoms with Gasteiger partial charge < -0.3 is 4.90 Å². The molecule has 1 fully saturated rings. The number of carbonyl (C=O) groups excluding carboxylic acids is 1. The molecule has 0 aromatic carbocycles. The highest BCUT2D eigenvalue weighted by molar-refractivity contribution is 5.75. The molecule has 0 spiro atoms. The summed E-state index contributed by atoms with van der Waals surface area (Å²) in [5.74, 6) is 0.306. The van der Waals surface area contributed by atoms with Gasteiger partial charge >= 0.3 is 0 Å². The zero-order chi connectivity index (χ0) is 10.4. The van der Waals surface area contributed by atoms with Crippen molar-refractivity contribution in [2.24, 2.45) is 0 Å². The number of hydrogen-bond donors (Lipinski definition) is 0. The second kappa shape index (κ2) is 6.02. The lowest BCUT2D eigenvalue weighted by Gasteiger charge is -2.34. The van der Waals surface area contributed by atoms with E-state index in [1.807, 2.05) is 11.8 Å². The van der Waals surface area contributed by atoms with E-state index in [0.29, 0.717) is 12.3 Å². The summed E-state index contributed by atoms with van der Waals surface area (Å²) >= 11 is 0. The third-order valence-corrected chi connectivity index (χ3v) is 2.86. The Labute approximate surface area is 87.1 Å². The standard InChI is InChI=1S/C11H22N2O/c1-3-5-6-12-7-9-13(10-8-12)11(14)4-2/h3-10H2,1-2H3. The summed E-state index contributed by atoms with van der Waals surface area (Å²) in [5, 5.41) is 0. The summed E-state index contributed by atoms with van der Waals surface area (Å²) in [6, 6.07) is 0. The molecule has 0 aliphatic carbocycles. The Morgan fingerprint density at radius 3 is 2.29 bits per heavy atom. The first kappa shape index (κ1) is 11.5. The second-order valence-electron chi connectivity index (χ2n) is 3.93. The van der Waals surface area contributed by atoms with Gasteiger partial charge in [-0.1, -0.05) is 20.3 Å². The van der Waals surface area contributed by atoms with Gasteiger partial charge in [0.25, 0.3) is 0 Å². The second-order valence-corrected chi connectivity index (χ2v) is 3.93. The summed E-state index contributed by atoms with van der Waals surface area (Å²) in [6.45, 7) is 9.33. The molecule has 1 aliphatic rings. The highest BCUT2D eigenvalue weighted by atomic mass is 16.2. The summed E-state index contributed by atoms with van der Waals surface area (Å²) in [5.41, 5.74) is 0. The molecule has 3 nitrogen and oxygen atoms in total. The van der Waals surface area contributed by atoms with Crippen LogP contribution in [0.3, 0.4) is 0 Å². The molecule has 1 heterocycles. The summed E-state index contributed by atoms with van der Waals surface area (Å²) in [6.07, 6.45) is 3.19. The first-order chi connectivity index (χ1) is 6.77. The Bertz CT molecular complexity index is 174. The summed E-state index contributed by atoms with van der Waals surface area (Å²) < 4.78 is 0. The minimum Gasteiger partial charge on any atom is -0.340 e. The van der Waals surface area contributed by atoms with Crippen LogP contribution in [0.25, 0.3) is 0 Å². The molecule has 0 aromatic heterocycles. The number of unbranched alkanes of at least 4 members (excludes halogenated alkanes) is 1. The fraction of sp³-hybridized carbons (Fsp3) is 0.909. The third-order valence-electron chi connectivity index (χ3n) is 2.86. The number of rotatable bonds is 4. The van der Waals surface area contributed by atoms with Crippen molar-refractivity contribution in [1.82, 2.24) is 9.80 Å². The van der Waals surface area contributed by atoms with Crippen LogP contribution >= 0.6 is 0 Å². The van der Waals surface area contributed by atoms with E-state index in [9.17, 15) is 4.79 Å². The van der Waals surface area contributed by atoms with Gasteiger partial charge in [0.1, 0.15) is 0 Å². The van der Waals surface area contributed by atoms with Crippen molar-refractivity contribution >= 4 is 5.91 Å². The van der Waals surface area contributed by atoms with Gasteiger partial charge in [-0.2, -0.15) is 0 Å². The molecule has 0 atom stereocenters. The average Bonchev–Trinajstić information content (AvgIpc) is 2.26. The number of carbonyl (C=O) groups is 1. The van der Waals surface area contributed by atoms with Crippen molar-refractivity contribution in [3.8, 4) is 0 Å². The van der Waals surface area contributed by atoms with Gasteiger partial charge in [-0.05, 0) is 13.0 Å². The molecule has 1 rings (SSSR count). The van der Waals surface area contributed by atoms with Crippen molar-refractivity contribution in [3.05, 3.63) is 0 Å². The van der Waals surface area contributed by atoms with Crippen molar-refractivity contribution in [2.75, 3.05) is 32.7 Å². The fourth-order valence-electron chi connectivity index (χ4n) is 1.83. The third kappa shape index (κ3) is 3.29. The Kier molecular flexibility index (Phi) is 4.94. The van der Waals surface area contributed by atoms with Crippen LogP contribution in [0.2, 0.25) is 0 Å². The molecule has 1 saturated heterocycles. The van der Waals surface area contributed by atoms with Gasteiger partial charge in [0.05, 0.1) is 0 Å². The lowest BCUT2D eigenvalue weighted by Crippen LogP contribution is -2.48. The quantitative estimate of drug-likeness (QED) is 0.680. The lowest BCUT2D eigenvalue weighted by molar-refractivity contribution is -0.132. The van der Waals surface area contributed by atoms with E-state index in [-0.39, 0.29) is 0 Å². The number of nitrogens with zero attached hydrogens (tertiary/aromatic N) is 2. The molecule has 0 saturated carbocycles. The molecule has 0 aromatic rings. The van der Waals surface area contributed by atoms with E-state index in [1.165, 1.54) is 19.4 Å². The summed E-state index contributed by atoms with van der Waals surface area (Å²) in [7, 11) is 0. The van der Waals surface area contributed by atoms with Crippen LogP contribution in [0.5, 0.6) is 0 Å². The highest BCUT2D eigenvalue weighted by Gasteiger charge is 2.18. The predicted octanol–water partition coefficient (Wildman–Crippen LogP) is 1.34. The van der Waals surface area contributed by atoms with Crippen LogP contribution in [-0.4, -0.2) is 48.4 Å². The van der Waals surface area contributed by atoms with E-state index in [1.54, 1.807) is 0 Å². The maximum atomic E-state index is 11.4. The Morgan fingerprint density at radius 1 is 1.14 bits per heavy atom. The molecule has 0 unspecified atom stereocenters. The van der Waals surface area contributed by atoms with Crippen LogP contribution in [0.15, 0.2) is 0 Å². The zero-order valence-corrected chi connectivity index (χ0v) is 9.46. The monoisotopic (exact) mass is 198 g/mol. The number of piperazine rings is 1. The normalized spacial score (nSPS) is 18.6. The first-order valence-electron chi connectivity index (χ1n) is 5.78. The van der Waals surface area contributed by atoms with Gasteiger partial charge in [-0.15, -0.1) is 0 Å².